The minimum atomic E-state index is -0.437. The van der Waals surface area contributed by atoms with E-state index in [-0.39, 0.29) is 5.91 Å². The first-order chi connectivity index (χ1) is 11.7. The smallest absolute Gasteiger partial charge is 0.341 e. The number of nitrogens with zero attached hydrogens (tertiary/aromatic N) is 2. The molecule has 24 heavy (non-hydrogen) atoms. The fourth-order valence-electron chi connectivity index (χ4n) is 2.15. The van der Waals surface area contributed by atoms with Gasteiger partial charge in [0.1, 0.15) is 5.56 Å². The highest BCUT2D eigenvalue weighted by molar-refractivity contribution is 7.10. The van der Waals surface area contributed by atoms with Crippen molar-refractivity contribution in [1.82, 2.24) is 9.61 Å². The highest BCUT2D eigenvalue weighted by atomic mass is 32.1. The van der Waals surface area contributed by atoms with Crippen LogP contribution in [0.4, 0.5) is 5.69 Å². The van der Waals surface area contributed by atoms with Gasteiger partial charge in [-0.05, 0) is 36.6 Å². The number of ether oxygens (including phenoxy) is 1. The molecular weight excluding hydrogens is 326 g/mol. The minimum absolute atomic E-state index is 0.245. The highest BCUT2D eigenvalue weighted by Gasteiger charge is 2.14. The van der Waals surface area contributed by atoms with Crippen LogP contribution in [0, 0.1) is 0 Å². The molecular formula is C17H15N3O3S. The number of carbonyl (C=O) groups excluding carboxylic acids is 2. The van der Waals surface area contributed by atoms with Crippen LogP contribution in [0.3, 0.4) is 0 Å². The number of hydrogen-bond donors (Lipinski definition) is 1. The van der Waals surface area contributed by atoms with E-state index < -0.39 is 5.97 Å². The largest absolute Gasteiger partial charge is 0.462 e. The molecule has 0 saturated heterocycles. The first-order valence-corrected chi connectivity index (χ1v) is 8.22. The Labute approximate surface area is 142 Å². The number of fused-ring (bicyclic) bond motifs is 1. The van der Waals surface area contributed by atoms with Crippen molar-refractivity contribution in [2.24, 2.45) is 0 Å². The zero-order chi connectivity index (χ0) is 16.9. The molecule has 1 N–H and O–H groups in total. The fraction of sp³-hybridized carbons (Fsp3) is 0.118. The normalized spacial score (nSPS) is 11.0. The summed E-state index contributed by atoms with van der Waals surface area (Å²) in [4.78, 5) is 24.9. The van der Waals surface area contributed by atoms with Gasteiger partial charge in [-0.15, -0.1) is 11.3 Å². The van der Waals surface area contributed by atoms with Crippen LogP contribution in [0.2, 0.25) is 0 Å². The fourth-order valence-corrected chi connectivity index (χ4v) is 2.77. The zero-order valence-corrected chi connectivity index (χ0v) is 13.7. The summed E-state index contributed by atoms with van der Waals surface area (Å²) in [5.74, 6) is -0.682. The Morgan fingerprint density at radius 2 is 2.29 bits per heavy atom. The van der Waals surface area contributed by atoms with Crippen molar-refractivity contribution in [1.29, 1.82) is 0 Å². The Kier molecular flexibility index (Phi) is 4.72. The predicted molar refractivity (Wildman–Crippen MR) is 93.1 cm³/mol. The van der Waals surface area contributed by atoms with Crippen molar-refractivity contribution in [3.05, 3.63) is 58.6 Å². The SMILES string of the molecule is CCOC(=O)c1cnn2ccc(NC(=O)C=Cc3cccs3)cc12. The van der Waals surface area contributed by atoms with E-state index in [0.29, 0.717) is 23.4 Å². The van der Waals surface area contributed by atoms with Crippen LogP contribution in [-0.2, 0) is 9.53 Å². The number of pyridine rings is 1. The maximum atomic E-state index is 12.0. The minimum Gasteiger partial charge on any atom is -0.462 e. The first kappa shape index (κ1) is 15.9. The Bertz CT molecular complexity index is 897. The number of amides is 1. The zero-order valence-electron chi connectivity index (χ0n) is 12.9. The van der Waals surface area contributed by atoms with E-state index in [2.05, 4.69) is 10.4 Å². The predicted octanol–water partition coefficient (Wildman–Crippen LogP) is 3.22. The van der Waals surface area contributed by atoms with Gasteiger partial charge in [0, 0.05) is 22.8 Å². The number of thiophene rings is 1. The van der Waals surface area contributed by atoms with Crippen LogP contribution in [0.1, 0.15) is 22.2 Å². The molecule has 0 radical (unpaired) electrons. The van der Waals surface area contributed by atoms with Gasteiger partial charge in [0.25, 0.3) is 0 Å². The molecule has 0 unspecified atom stereocenters. The summed E-state index contributed by atoms with van der Waals surface area (Å²) >= 11 is 1.55. The van der Waals surface area contributed by atoms with Gasteiger partial charge in [-0.1, -0.05) is 6.07 Å². The number of rotatable bonds is 5. The summed E-state index contributed by atoms with van der Waals surface area (Å²) in [6.07, 6.45) is 6.35. The van der Waals surface area contributed by atoms with Gasteiger partial charge >= 0.3 is 5.97 Å². The third-order valence-corrected chi connectivity index (χ3v) is 4.06. The molecule has 7 heteroatoms. The average molecular weight is 341 g/mol. The molecule has 0 atom stereocenters. The molecule has 0 aromatic carbocycles. The quantitative estimate of drug-likeness (QED) is 0.571. The van der Waals surface area contributed by atoms with Gasteiger partial charge in [0.05, 0.1) is 18.3 Å². The molecule has 3 heterocycles. The van der Waals surface area contributed by atoms with Gasteiger partial charge < -0.3 is 10.1 Å². The summed E-state index contributed by atoms with van der Waals surface area (Å²) in [6.45, 7) is 2.04. The molecule has 0 saturated carbocycles. The Balaban J connectivity index is 1.78. The molecule has 6 nitrogen and oxygen atoms in total. The van der Waals surface area contributed by atoms with Gasteiger partial charge in [0.15, 0.2) is 0 Å². The third kappa shape index (κ3) is 3.52. The van der Waals surface area contributed by atoms with Crippen molar-refractivity contribution in [3.63, 3.8) is 0 Å². The Morgan fingerprint density at radius 1 is 1.42 bits per heavy atom. The van der Waals surface area contributed by atoms with E-state index in [9.17, 15) is 9.59 Å². The third-order valence-electron chi connectivity index (χ3n) is 3.23. The molecule has 0 fully saturated rings. The van der Waals surface area contributed by atoms with Crippen molar-refractivity contribution in [2.75, 3.05) is 11.9 Å². The van der Waals surface area contributed by atoms with E-state index in [4.69, 9.17) is 4.74 Å². The number of hydrogen-bond acceptors (Lipinski definition) is 5. The van der Waals surface area contributed by atoms with Crippen LogP contribution in [0.25, 0.3) is 11.6 Å². The number of anilines is 1. The lowest BCUT2D eigenvalue weighted by Gasteiger charge is -2.04. The number of esters is 1. The second-order valence-corrected chi connectivity index (χ2v) is 5.84. The number of nitrogens with one attached hydrogen (secondary N) is 1. The van der Waals surface area contributed by atoms with Gasteiger partial charge in [-0.25, -0.2) is 9.31 Å². The molecule has 0 spiro atoms. The lowest BCUT2D eigenvalue weighted by molar-refractivity contribution is -0.111. The molecule has 0 aliphatic carbocycles. The number of aromatic nitrogens is 2. The molecule has 3 rings (SSSR count). The van der Waals surface area contributed by atoms with Crippen LogP contribution < -0.4 is 5.32 Å². The summed E-state index contributed by atoms with van der Waals surface area (Å²) in [5.41, 5.74) is 1.52. The lowest BCUT2D eigenvalue weighted by atomic mass is 10.2. The van der Waals surface area contributed by atoms with Crippen LogP contribution in [0.15, 0.2) is 48.1 Å². The summed E-state index contributed by atoms with van der Waals surface area (Å²) in [5, 5.41) is 8.82. The topological polar surface area (TPSA) is 72.7 Å². The van der Waals surface area contributed by atoms with E-state index >= 15 is 0 Å². The molecule has 0 bridgehead atoms. The highest BCUT2D eigenvalue weighted by Crippen LogP contribution is 2.17. The second kappa shape index (κ2) is 7.10. The second-order valence-electron chi connectivity index (χ2n) is 4.86. The summed E-state index contributed by atoms with van der Waals surface area (Å²) < 4.78 is 6.56. The van der Waals surface area contributed by atoms with Crippen LogP contribution in [0.5, 0.6) is 0 Å². The van der Waals surface area contributed by atoms with E-state index in [1.807, 2.05) is 17.5 Å². The first-order valence-electron chi connectivity index (χ1n) is 7.34. The van der Waals surface area contributed by atoms with E-state index in [1.165, 1.54) is 12.3 Å². The molecule has 3 aromatic heterocycles. The Morgan fingerprint density at radius 3 is 3.04 bits per heavy atom. The van der Waals surface area contributed by atoms with E-state index in [0.717, 1.165) is 4.88 Å². The van der Waals surface area contributed by atoms with Crippen molar-refractivity contribution < 1.29 is 14.3 Å². The average Bonchev–Trinajstić information content (AvgIpc) is 3.22. The molecule has 3 aromatic rings. The van der Waals surface area contributed by atoms with Crippen LogP contribution >= 0.6 is 11.3 Å². The standard InChI is InChI=1S/C17H15N3O3S/c1-2-23-17(22)14-11-18-20-8-7-12(10-15(14)20)19-16(21)6-5-13-4-3-9-24-13/h3-11H,2H2,1H3,(H,19,21). The monoisotopic (exact) mass is 341 g/mol. The maximum Gasteiger partial charge on any atom is 0.341 e. The van der Waals surface area contributed by atoms with Gasteiger partial charge in [-0.2, -0.15) is 5.10 Å². The molecule has 0 aliphatic rings. The van der Waals surface area contributed by atoms with Crippen molar-refractivity contribution >= 4 is 40.5 Å². The van der Waals surface area contributed by atoms with Gasteiger partial charge in [-0.3, -0.25) is 4.79 Å². The molecule has 1 amide bonds. The van der Waals surface area contributed by atoms with Crippen LogP contribution in [-0.4, -0.2) is 28.1 Å². The van der Waals surface area contributed by atoms with Crippen molar-refractivity contribution in [3.8, 4) is 0 Å². The van der Waals surface area contributed by atoms with E-state index in [1.54, 1.807) is 47.2 Å². The lowest BCUT2D eigenvalue weighted by Crippen LogP contribution is -2.08. The Hall–Kier alpha value is -2.93. The molecule has 122 valence electrons. The van der Waals surface area contributed by atoms with Gasteiger partial charge in [0.2, 0.25) is 5.91 Å². The summed E-state index contributed by atoms with van der Waals surface area (Å²) in [7, 11) is 0. The summed E-state index contributed by atoms with van der Waals surface area (Å²) in [6, 6.07) is 7.26. The maximum absolute atomic E-state index is 12.0. The van der Waals surface area contributed by atoms with Crippen molar-refractivity contribution in [2.45, 2.75) is 6.92 Å². The molecule has 0 aliphatic heterocycles. The number of carbonyl (C=O) groups is 2.